The Kier molecular flexibility index (Phi) is 2.57. The third-order valence-electron chi connectivity index (χ3n) is 8.45. The first-order valence-electron chi connectivity index (χ1n) is 9.83. The summed E-state index contributed by atoms with van der Waals surface area (Å²) in [6, 6.07) is 8.64. The Bertz CT molecular complexity index is 853. The lowest BCUT2D eigenvalue weighted by Crippen LogP contribution is -2.76. The molecule has 0 aromatic heterocycles. The molecule has 4 unspecified atom stereocenters. The molecule has 6 aliphatic rings. The maximum atomic E-state index is 13.1. The first kappa shape index (κ1) is 15.1. The largest absolute Gasteiger partial charge is 0.469 e. The molecule has 3 saturated carbocycles. The lowest BCUT2D eigenvalue weighted by Gasteiger charge is -2.68. The minimum Gasteiger partial charge on any atom is -0.469 e. The van der Waals surface area contributed by atoms with Crippen LogP contribution in [0.1, 0.15) is 44.1 Å². The molecule has 1 aromatic carbocycles. The van der Waals surface area contributed by atoms with E-state index in [0.717, 1.165) is 44.3 Å². The first-order valence-corrected chi connectivity index (χ1v) is 9.83. The minimum absolute atomic E-state index is 0.0597. The molecule has 3 aliphatic carbocycles. The summed E-state index contributed by atoms with van der Waals surface area (Å²) < 4.78 is 5.27. The number of para-hydroxylation sites is 1. The highest BCUT2D eigenvalue weighted by molar-refractivity contribution is 5.89. The number of carbonyl (C=O) groups excluding carboxylic acids is 2. The maximum Gasteiger partial charge on any atom is 0.311 e. The third-order valence-corrected chi connectivity index (χ3v) is 8.45. The molecule has 5 nitrogen and oxygen atoms in total. The number of hydrogen-bond donors (Lipinski definition) is 1. The molecule has 5 atom stereocenters. The van der Waals surface area contributed by atoms with E-state index < -0.39 is 5.54 Å². The quantitative estimate of drug-likeness (QED) is 0.789. The molecule has 1 amide bonds. The van der Waals surface area contributed by atoms with Crippen LogP contribution >= 0.6 is 0 Å². The van der Waals surface area contributed by atoms with Crippen molar-refractivity contribution in [2.24, 2.45) is 11.3 Å². The van der Waals surface area contributed by atoms with Crippen LogP contribution in [0.4, 0.5) is 5.69 Å². The van der Waals surface area contributed by atoms with Crippen LogP contribution in [-0.4, -0.2) is 42.0 Å². The van der Waals surface area contributed by atoms with Gasteiger partial charge in [0, 0.05) is 24.7 Å². The highest BCUT2D eigenvalue weighted by Gasteiger charge is 2.80. The molecule has 3 heterocycles. The highest BCUT2D eigenvalue weighted by Crippen LogP contribution is 2.74. The van der Waals surface area contributed by atoms with Crippen molar-refractivity contribution >= 4 is 17.6 Å². The number of carbonyl (C=O) groups is 2. The van der Waals surface area contributed by atoms with Crippen LogP contribution in [0.3, 0.4) is 0 Å². The van der Waals surface area contributed by atoms with Gasteiger partial charge < -0.3 is 15.0 Å². The summed E-state index contributed by atoms with van der Waals surface area (Å²) in [6.45, 7) is 0.869. The lowest BCUT2D eigenvalue weighted by molar-refractivity contribution is -0.172. The number of piperidine rings is 1. The minimum atomic E-state index is -0.391. The van der Waals surface area contributed by atoms with Crippen molar-refractivity contribution in [1.82, 2.24) is 4.90 Å². The Morgan fingerprint density at radius 2 is 2.12 bits per heavy atom. The number of benzene rings is 1. The second-order valence-corrected chi connectivity index (χ2v) is 9.03. The van der Waals surface area contributed by atoms with Crippen LogP contribution in [0, 0.1) is 11.3 Å². The molecule has 1 N–H and O–H groups in total. The number of methoxy groups -OCH3 is 1. The maximum absolute atomic E-state index is 13.1. The fourth-order valence-electron chi connectivity index (χ4n) is 7.80. The SMILES string of the molecule is COC(=O)C1CC23CCCN4C(=O)CC5(c6ccccc6NC15CC2)[C@@H]43. The average Bonchev–Trinajstić information content (AvgIpc) is 3.14. The molecule has 0 radical (unpaired) electrons. The van der Waals surface area contributed by atoms with Gasteiger partial charge in [-0.1, -0.05) is 18.2 Å². The number of nitrogens with one attached hydrogen (secondary N) is 1. The molecular formula is C21H24N2O3. The fraction of sp³-hybridized carbons (Fsp3) is 0.619. The second-order valence-electron chi connectivity index (χ2n) is 9.03. The van der Waals surface area contributed by atoms with E-state index in [-0.39, 0.29) is 34.7 Å². The van der Waals surface area contributed by atoms with Crippen LogP contribution < -0.4 is 5.32 Å². The molecular weight excluding hydrogens is 328 g/mol. The van der Waals surface area contributed by atoms with Crippen molar-refractivity contribution in [3.63, 3.8) is 0 Å². The number of esters is 1. The van der Waals surface area contributed by atoms with Gasteiger partial charge in [-0.3, -0.25) is 9.59 Å². The van der Waals surface area contributed by atoms with E-state index in [4.69, 9.17) is 4.74 Å². The van der Waals surface area contributed by atoms with Gasteiger partial charge in [0.25, 0.3) is 0 Å². The van der Waals surface area contributed by atoms with E-state index in [2.05, 4.69) is 28.4 Å². The van der Waals surface area contributed by atoms with Crippen LogP contribution in [0.5, 0.6) is 0 Å². The molecule has 5 fully saturated rings. The van der Waals surface area contributed by atoms with Crippen LogP contribution in [0.15, 0.2) is 24.3 Å². The summed E-state index contributed by atoms with van der Waals surface area (Å²) in [5, 5.41) is 3.79. The molecule has 3 aliphatic heterocycles. The number of ether oxygens (including phenoxy) is 1. The smallest absolute Gasteiger partial charge is 0.311 e. The molecule has 1 aromatic rings. The Labute approximate surface area is 153 Å². The molecule has 26 heavy (non-hydrogen) atoms. The molecule has 5 heteroatoms. The van der Waals surface area contributed by atoms with Gasteiger partial charge in [0.1, 0.15) is 0 Å². The van der Waals surface area contributed by atoms with Gasteiger partial charge >= 0.3 is 5.97 Å². The Balaban J connectivity index is 1.67. The third kappa shape index (κ3) is 1.34. The van der Waals surface area contributed by atoms with Gasteiger partial charge in [0.2, 0.25) is 5.91 Å². The molecule has 136 valence electrons. The number of anilines is 1. The number of amides is 1. The van der Waals surface area contributed by atoms with Gasteiger partial charge in [0.05, 0.1) is 24.0 Å². The molecule has 7 rings (SSSR count). The summed E-state index contributed by atoms with van der Waals surface area (Å²) in [5.74, 6) is -0.0243. The van der Waals surface area contributed by atoms with E-state index in [1.807, 2.05) is 6.07 Å². The van der Waals surface area contributed by atoms with Crippen molar-refractivity contribution < 1.29 is 14.3 Å². The predicted octanol–water partition coefficient (Wildman–Crippen LogP) is 2.46. The van der Waals surface area contributed by atoms with Gasteiger partial charge in [-0.05, 0) is 49.1 Å². The Morgan fingerprint density at radius 1 is 1.27 bits per heavy atom. The van der Waals surface area contributed by atoms with Crippen molar-refractivity contribution in [2.75, 3.05) is 19.0 Å². The van der Waals surface area contributed by atoms with E-state index >= 15 is 0 Å². The van der Waals surface area contributed by atoms with Crippen LogP contribution in [-0.2, 0) is 19.7 Å². The van der Waals surface area contributed by atoms with E-state index in [9.17, 15) is 9.59 Å². The van der Waals surface area contributed by atoms with Gasteiger partial charge in [0.15, 0.2) is 0 Å². The molecule has 3 spiro atoms. The normalized spacial score (nSPS) is 44.2. The van der Waals surface area contributed by atoms with Gasteiger partial charge in [-0.15, -0.1) is 0 Å². The monoisotopic (exact) mass is 352 g/mol. The summed E-state index contributed by atoms with van der Waals surface area (Å²) in [5.41, 5.74) is 1.73. The standard InChI is InChI=1S/C21H24N2O3/c1-26-17(25)14-11-19-7-4-10-23-16(24)12-20(18(19)23)13-5-2-3-6-15(13)22-21(14,20)9-8-19/h2-3,5-6,14,18,22H,4,7-12H2,1H3/t14?,18-,19?,20?,21?/m0/s1. The second kappa shape index (κ2) is 4.44. The topological polar surface area (TPSA) is 58.6 Å². The van der Waals surface area contributed by atoms with E-state index in [1.165, 1.54) is 12.7 Å². The van der Waals surface area contributed by atoms with Crippen molar-refractivity contribution in [3.8, 4) is 0 Å². The number of hydrogen-bond acceptors (Lipinski definition) is 4. The summed E-state index contributed by atoms with van der Waals surface area (Å²) >= 11 is 0. The average molecular weight is 352 g/mol. The van der Waals surface area contributed by atoms with Crippen LogP contribution in [0.25, 0.3) is 0 Å². The summed E-state index contributed by atoms with van der Waals surface area (Å²) in [4.78, 5) is 28.2. The highest BCUT2D eigenvalue weighted by atomic mass is 16.5. The van der Waals surface area contributed by atoms with Crippen LogP contribution in [0.2, 0.25) is 0 Å². The predicted molar refractivity (Wildman–Crippen MR) is 95.6 cm³/mol. The van der Waals surface area contributed by atoms with Crippen molar-refractivity contribution in [3.05, 3.63) is 29.8 Å². The van der Waals surface area contributed by atoms with Crippen molar-refractivity contribution in [1.29, 1.82) is 0 Å². The summed E-state index contributed by atoms with van der Waals surface area (Å²) in [7, 11) is 1.50. The molecule has 2 saturated heterocycles. The van der Waals surface area contributed by atoms with E-state index in [1.54, 1.807) is 0 Å². The number of nitrogens with zero attached hydrogens (tertiary/aromatic N) is 1. The number of fused-ring (bicyclic) bond motifs is 3. The van der Waals surface area contributed by atoms with Gasteiger partial charge in [-0.25, -0.2) is 0 Å². The Morgan fingerprint density at radius 3 is 2.96 bits per heavy atom. The first-order chi connectivity index (χ1) is 12.6. The molecule has 2 bridgehead atoms. The zero-order valence-corrected chi connectivity index (χ0v) is 15.1. The lowest BCUT2D eigenvalue weighted by atomic mass is 9.39. The Hall–Kier alpha value is -2.04. The fourth-order valence-corrected chi connectivity index (χ4v) is 7.80. The van der Waals surface area contributed by atoms with Gasteiger partial charge in [-0.2, -0.15) is 0 Å². The number of rotatable bonds is 1. The zero-order valence-electron chi connectivity index (χ0n) is 15.1. The van der Waals surface area contributed by atoms with E-state index in [0.29, 0.717) is 6.42 Å². The van der Waals surface area contributed by atoms with Crippen molar-refractivity contribution in [2.45, 2.75) is 55.5 Å². The summed E-state index contributed by atoms with van der Waals surface area (Å²) in [6.07, 6.45) is 5.58. The zero-order chi connectivity index (χ0) is 17.7.